The van der Waals surface area contributed by atoms with Gasteiger partial charge >= 0.3 is 5.97 Å². The molecule has 0 heterocycles. The molecule has 57 valence electrons. The molecular formula is C7H5O4. The average molecular weight is 153 g/mol. The number of rotatable bonds is 1. The molecule has 1 rings (SSSR count). The Labute approximate surface area is 62.3 Å². The molecule has 0 fully saturated rings. The van der Waals surface area contributed by atoms with E-state index in [1.807, 2.05) is 0 Å². The summed E-state index contributed by atoms with van der Waals surface area (Å²) in [4.78, 5) is 10.3. The van der Waals surface area contributed by atoms with Gasteiger partial charge in [-0.25, -0.2) is 4.79 Å². The molecule has 0 aliphatic carbocycles. The molecule has 4 heteroatoms. The monoisotopic (exact) mass is 153 g/mol. The highest BCUT2D eigenvalue weighted by molar-refractivity contribution is 5.91. The SMILES string of the molecule is O=C(O)c1cc(O)[c]cc1O. The molecule has 4 nitrogen and oxygen atoms in total. The number of carbonyl (C=O) groups is 1. The molecule has 0 aliphatic heterocycles. The van der Waals surface area contributed by atoms with Crippen molar-refractivity contribution >= 4 is 5.97 Å². The van der Waals surface area contributed by atoms with Crippen LogP contribution < -0.4 is 0 Å². The number of carboxylic acids is 1. The summed E-state index contributed by atoms with van der Waals surface area (Å²) in [7, 11) is 0. The Morgan fingerprint density at radius 1 is 1.45 bits per heavy atom. The van der Waals surface area contributed by atoms with Crippen molar-refractivity contribution in [2.45, 2.75) is 0 Å². The molecule has 0 spiro atoms. The van der Waals surface area contributed by atoms with Crippen LogP contribution in [0.2, 0.25) is 0 Å². The van der Waals surface area contributed by atoms with Crippen molar-refractivity contribution in [2.24, 2.45) is 0 Å². The van der Waals surface area contributed by atoms with Gasteiger partial charge in [-0.15, -0.1) is 0 Å². The Hall–Kier alpha value is -1.71. The number of aromatic hydroxyl groups is 2. The Kier molecular flexibility index (Phi) is 1.68. The lowest BCUT2D eigenvalue weighted by Crippen LogP contribution is -1.95. The molecule has 0 saturated carbocycles. The molecule has 0 saturated heterocycles. The first kappa shape index (κ1) is 7.40. The van der Waals surface area contributed by atoms with E-state index in [2.05, 4.69) is 6.07 Å². The molecule has 3 N–H and O–H groups in total. The van der Waals surface area contributed by atoms with Crippen LogP contribution in [0.1, 0.15) is 10.4 Å². The van der Waals surface area contributed by atoms with Gasteiger partial charge in [0.2, 0.25) is 0 Å². The highest BCUT2D eigenvalue weighted by Gasteiger charge is 2.09. The van der Waals surface area contributed by atoms with Gasteiger partial charge in [0.25, 0.3) is 0 Å². The number of benzene rings is 1. The lowest BCUT2D eigenvalue weighted by molar-refractivity contribution is 0.0693. The quantitative estimate of drug-likeness (QED) is 0.516. The van der Waals surface area contributed by atoms with Crippen LogP contribution in [0.25, 0.3) is 0 Å². The highest BCUT2D eigenvalue weighted by atomic mass is 16.4. The van der Waals surface area contributed by atoms with E-state index in [0.29, 0.717) is 0 Å². The minimum absolute atomic E-state index is 0.305. The number of hydrogen-bond acceptors (Lipinski definition) is 3. The normalized spacial score (nSPS) is 9.45. The predicted molar refractivity (Wildman–Crippen MR) is 35.6 cm³/mol. The van der Waals surface area contributed by atoms with Gasteiger partial charge in [0.05, 0.1) is 0 Å². The first-order valence-electron chi connectivity index (χ1n) is 2.78. The molecular weight excluding hydrogens is 148 g/mol. The molecule has 0 aromatic heterocycles. The zero-order valence-corrected chi connectivity index (χ0v) is 5.40. The molecule has 1 aromatic carbocycles. The van der Waals surface area contributed by atoms with Crippen LogP contribution in [0.4, 0.5) is 0 Å². The van der Waals surface area contributed by atoms with Crippen molar-refractivity contribution in [3.63, 3.8) is 0 Å². The summed E-state index contributed by atoms with van der Waals surface area (Å²) in [5.74, 6) is -2.00. The van der Waals surface area contributed by atoms with E-state index in [-0.39, 0.29) is 11.3 Å². The van der Waals surface area contributed by atoms with E-state index in [4.69, 9.17) is 15.3 Å². The fraction of sp³-hybridized carbons (Fsp3) is 0. The molecule has 0 aliphatic rings. The van der Waals surface area contributed by atoms with Gasteiger partial charge < -0.3 is 15.3 Å². The predicted octanol–water partition coefficient (Wildman–Crippen LogP) is 0.596. The maximum absolute atomic E-state index is 10.3. The second kappa shape index (κ2) is 2.49. The number of carboxylic acid groups (broad SMARTS) is 1. The number of aromatic carboxylic acids is 1. The number of phenolic OH excluding ortho intramolecular Hbond substituents is 1. The molecule has 1 radical (unpaired) electrons. The fourth-order valence-corrected chi connectivity index (χ4v) is 0.644. The number of phenols is 2. The van der Waals surface area contributed by atoms with E-state index >= 15 is 0 Å². The molecule has 1 aromatic rings. The van der Waals surface area contributed by atoms with Gasteiger partial charge in [-0.2, -0.15) is 0 Å². The molecule has 0 amide bonds. The summed E-state index contributed by atoms with van der Waals surface area (Å²) in [6, 6.07) is 4.16. The van der Waals surface area contributed by atoms with Crippen molar-refractivity contribution in [3.8, 4) is 11.5 Å². The van der Waals surface area contributed by atoms with Crippen molar-refractivity contribution in [1.82, 2.24) is 0 Å². The van der Waals surface area contributed by atoms with E-state index in [1.54, 1.807) is 0 Å². The second-order valence-electron chi connectivity index (χ2n) is 1.92. The van der Waals surface area contributed by atoms with Crippen LogP contribution in [0.5, 0.6) is 11.5 Å². The lowest BCUT2D eigenvalue weighted by atomic mass is 10.2. The van der Waals surface area contributed by atoms with E-state index in [9.17, 15) is 4.79 Å². The third kappa shape index (κ3) is 1.40. The van der Waals surface area contributed by atoms with Crippen molar-refractivity contribution < 1.29 is 20.1 Å². The van der Waals surface area contributed by atoms with Crippen LogP contribution in [-0.2, 0) is 0 Å². The molecule has 0 bridgehead atoms. The topological polar surface area (TPSA) is 77.8 Å². The Bertz CT molecular complexity index is 292. The van der Waals surface area contributed by atoms with Gasteiger partial charge in [0, 0.05) is 6.07 Å². The standard InChI is InChI=1S/C7H5O4/c8-4-1-2-6(9)5(3-4)7(10)11/h2-3,8-9H,(H,10,11). The first-order chi connectivity index (χ1) is 5.11. The Balaban J connectivity index is 3.23. The van der Waals surface area contributed by atoms with Gasteiger partial charge in [0.15, 0.2) is 0 Å². The molecule has 11 heavy (non-hydrogen) atoms. The summed E-state index contributed by atoms with van der Waals surface area (Å²) in [6.07, 6.45) is 0. The van der Waals surface area contributed by atoms with Gasteiger partial charge in [-0.3, -0.25) is 0 Å². The summed E-state index contributed by atoms with van der Waals surface area (Å²) in [6.45, 7) is 0. The summed E-state index contributed by atoms with van der Waals surface area (Å²) < 4.78 is 0. The van der Waals surface area contributed by atoms with Crippen molar-refractivity contribution in [3.05, 3.63) is 23.8 Å². The van der Waals surface area contributed by atoms with Gasteiger partial charge in [-0.1, -0.05) is 0 Å². The van der Waals surface area contributed by atoms with Crippen LogP contribution in [0.3, 0.4) is 0 Å². The zero-order valence-electron chi connectivity index (χ0n) is 5.40. The Morgan fingerprint density at radius 3 is 2.55 bits per heavy atom. The van der Waals surface area contributed by atoms with Crippen LogP contribution >= 0.6 is 0 Å². The van der Waals surface area contributed by atoms with E-state index in [1.165, 1.54) is 0 Å². The summed E-state index contributed by atoms with van der Waals surface area (Å²) in [5, 5.41) is 26.0. The minimum atomic E-state index is -1.29. The first-order valence-corrected chi connectivity index (χ1v) is 2.78. The van der Waals surface area contributed by atoms with Crippen molar-refractivity contribution in [2.75, 3.05) is 0 Å². The van der Waals surface area contributed by atoms with Crippen molar-refractivity contribution in [1.29, 1.82) is 0 Å². The molecule has 0 atom stereocenters. The fourth-order valence-electron chi connectivity index (χ4n) is 0.644. The van der Waals surface area contributed by atoms with Crippen LogP contribution in [0, 0.1) is 6.07 Å². The lowest BCUT2D eigenvalue weighted by Gasteiger charge is -1.97. The average Bonchev–Trinajstić information content (AvgIpc) is 1.94. The second-order valence-corrected chi connectivity index (χ2v) is 1.92. The van der Waals surface area contributed by atoms with Gasteiger partial charge in [-0.05, 0) is 12.1 Å². The summed E-state index contributed by atoms with van der Waals surface area (Å²) >= 11 is 0. The Morgan fingerprint density at radius 2 is 2.09 bits per heavy atom. The third-order valence-electron chi connectivity index (χ3n) is 1.14. The smallest absolute Gasteiger partial charge is 0.339 e. The zero-order chi connectivity index (χ0) is 8.43. The third-order valence-corrected chi connectivity index (χ3v) is 1.14. The number of hydrogen-bond donors (Lipinski definition) is 3. The highest BCUT2D eigenvalue weighted by Crippen LogP contribution is 2.20. The summed E-state index contributed by atoms with van der Waals surface area (Å²) in [5.41, 5.74) is -0.332. The largest absolute Gasteiger partial charge is 0.507 e. The van der Waals surface area contributed by atoms with Crippen LogP contribution in [0.15, 0.2) is 12.1 Å². The maximum atomic E-state index is 10.3. The maximum Gasteiger partial charge on any atom is 0.339 e. The van der Waals surface area contributed by atoms with Crippen LogP contribution in [-0.4, -0.2) is 21.3 Å². The van der Waals surface area contributed by atoms with E-state index < -0.39 is 11.7 Å². The molecule has 0 unspecified atom stereocenters. The van der Waals surface area contributed by atoms with E-state index in [0.717, 1.165) is 12.1 Å². The van der Waals surface area contributed by atoms with Gasteiger partial charge in [0.1, 0.15) is 17.1 Å². The minimum Gasteiger partial charge on any atom is -0.507 e.